The summed E-state index contributed by atoms with van der Waals surface area (Å²) in [4.78, 5) is 33.3. The average Bonchev–Trinajstić information content (AvgIpc) is 2.89. The summed E-state index contributed by atoms with van der Waals surface area (Å²) in [5.41, 5.74) is 1.50. The van der Waals surface area contributed by atoms with E-state index in [1.165, 1.54) is 6.92 Å². The van der Waals surface area contributed by atoms with Crippen LogP contribution in [-0.2, 0) is 11.3 Å². The van der Waals surface area contributed by atoms with Crippen LogP contribution in [0.1, 0.15) is 56.0 Å². The van der Waals surface area contributed by atoms with Crippen LogP contribution >= 0.6 is 0 Å². The van der Waals surface area contributed by atoms with Crippen LogP contribution in [0.3, 0.4) is 0 Å². The van der Waals surface area contributed by atoms with Gasteiger partial charge in [0.25, 0.3) is 0 Å². The van der Waals surface area contributed by atoms with Gasteiger partial charge < -0.3 is 30.5 Å². The second-order valence-electron chi connectivity index (χ2n) is 9.12. The van der Waals surface area contributed by atoms with Crippen molar-refractivity contribution in [3.8, 4) is 11.5 Å². The number of aromatic carboxylic acids is 1. The van der Waals surface area contributed by atoms with Gasteiger partial charge in [-0.2, -0.15) is 0 Å². The lowest BCUT2D eigenvalue weighted by atomic mass is 9.93. The van der Waals surface area contributed by atoms with Crippen molar-refractivity contribution in [2.45, 2.75) is 52.1 Å². The molecule has 3 aromatic rings. The first-order valence-corrected chi connectivity index (χ1v) is 12.2. The Kier molecular flexibility index (Phi) is 9.10. The molecule has 1 unspecified atom stereocenters. The zero-order valence-electron chi connectivity index (χ0n) is 22.0. The summed E-state index contributed by atoms with van der Waals surface area (Å²) in [5.74, 6) is 0.150. The van der Waals surface area contributed by atoms with Crippen LogP contribution in [-0.4, -0.2) is 53.3 Å². The number of pyridine rings is 2. The standard InChI is InChI=1S/C27H35N5O5/c1-6-7-12-27(3,16-30-17(2)33)32-24-22(26(34)35)25(31-20-9-8-13-28-23(20)24)29-15-18-10-11-19(36-4)14-21(18)37-5/h8-11,13-14H,6-7,12,15-16H2,1-5H3,(H,30,33)(H,34,35)(H2,29,31,32). The molecule has 1 amide bonds. The first kappa shape index (κ1) is 27.5. The lowest BCUT2D eigenvalue weighted by Crippen LogP contribution is -2.46. The van der Waals surface area contributed by atoms with Gasteiger partial charge in [0.05, 0.1) is 31.0 Å². The van der Waals surface area contributed by atoms with Crippen LogP contribution < -0.4 is 25.4 Å². The van der Waals surface area contributed by atoms with Crippen LogP contribution in [0, 0.1) is 0 Å². The number of amides is 1. The molecule has 10 heteroatoms. The molecule has 198 valence electrons. The molecule has 0 aliphatic heterocycles. The van der Waals surface area contributed by atoms with Gasteiger partial charge in [0.1, 0.15) is 28.4 Å². The summed E-state index contributed by atoms with van der Waals surface area (Å²) in [6.45, 7) is 6.10. The van der Waals surface area contributed by atoms with Crippen LogP contribution in [0.5, 0.6) is 11.5 Å². The number of rotatable bonds is 13. The molecular weight excluding hydrogens is 474 g/mol. The van der Waals surface area contributed by atoms with Crippen molar-refractivity contribution in [3.63, 3.8) is 0 Å². The minimum Gasteiger partial charge on any atom is -0.497 e. The van der Waals surface area contributed by atoms with E-state index in [9.17, 15) is 14.7 Å². The largest absolute Gasteiger partial charge is 0.497 e. The van der Waals surface area contributed by atoms with Crippen LogP contribution in [0.4, 0.5) is 11.5 Å². The minimum atomic E-state index is -1.15. The van der Waals surface area contributed by atoms with Crippen molar-refractivity contribution in [3.05, 3.63) is 47.7 Å². The van der Waals surface area contributed by atoms with E-state index in [4.69, 9.17) is 9.47 Å². The Labute approximate surface area is 216 Å². The van der Waals surface area contributed by atoms with Crippen molar-refractivity contribution in [1.82, 2.24) is 15.3 Å². The number of carbonyl (C=O) groups is 2. The Morgan fingerprint density at radius 1 is 1.16 bits per heavy atom. The number of methoxy groups -OCH3 is 2. The molecule has 3 rings (SSSR count). The van der Waals surface area contributed by atoms with E-state index < -0.39 is 11.5 Å². The number of carboxylic acids is 1. The Bertz CT molecular complexity index is 1270. The highest BCUT2D eigenvalue weighted by Crippen LogP contribution is 2.34. The molecule has 2 aromatic heterocycles. The third-order valence-electron chi connectivity index (χ3n) is 6.13. The summed E-state index contributed by atoms with van der Waals surface area (Å²) >= 11 is 0. The molecule has 0 aliphatic rings. The predicted octanol–water partition coefficient (Wildman–Crippen LogP) is 4.45. The van der Waals surface area contributed by atoms with Gasteiger partial charge >= 0.3 is 5.97 Å². The highest BCUT2D eigenvalue weighted by Gasteiger charge is 2.30. The van der Waals surface area contributed by atoms with Gasteiger partial charge in [0, 0.05) is 37.8 Å². The van der Waals surface area contributed by atoms with E-state index in [2.05, 4.69) is 32.8 Å². The van der Waals surface area contributed by atoms with E-state index in [1.54, 1.807) is 38.6 Å². The van der Waals surface area contributed by atoms with E-state index in [-0.39, 0.29) is 23.8 Å². The Morgan fingerprint density at radius 2 is 1.95 bits per heavy atom. The monoisotopic (exact) mass is 509 g/mol. The van der Waals surface area contributed by atoms with Gasteiger partial charge in [0.2, 0.25) is 5.91 Å². The van der Waals surface area contributed by atoms with Gasteiger partial charge in [-0.05, 0) is 37.6 Å². The summed E-state index contributed by atoms with van der Waals surface area (Å²) in [6, 6.07) is 8.96. The first-order valence-electron chi connectivity index (χ1n) is 12.2. The highest BCUT2D eigenvalue weighted by atomic mass is 16.5. The molecule has 1 aromatic carbocycles. The van der Waals surface area contributed by atoms with E-state index in [1.807, 2.05) is 19.1 Å². The van der Waals surface area contributed by atoms with E-state index >= 15 is 0 Å². The van der Waals surface area contributed by atoms with Gasteiger partial charge in [0.15, 0.2) is 0 Å². The van der Waals surface area contributed by atoms with Crippen molar-refractivity contribution in [2.24, 2.45) is 0 Å². The number of hydrogen-bond donors (Lipinski definition) is 4. The molecule has 37 heavy (non-hydrogen) atoms. The molecular formula is C27H35N5O5. The van der Waals surface area contributed by atoms with Crippen molar-refractivity contribution >= 4 is 34.4 Å². The molecule has 0 fully saturated rings. The number of benzene rings is 1. The maximum Gasteiger partial charge on any atom is 0.341 e. The number of fused-ring (bicyclic) bond motifs is 1. The molecule has 4 N–H and O–H groups in total. The maximum atomic E-state index is 12.6. The molecule has 2 heterocycles. The number of nitrogens with zero attached hydrogens (tertiary/aromatic N) is 2. The maximum absolute atomic E-state index is 12.6. The number of carbonyl (C=O) groups excluding carboxylic acids is 1. The highest BCUT2D eigenvalue weighted by molar-refractivity contribution is 6.07. The molecule has 0 saturated carbocycles. The second kappa shape index (κ2) is 12.2. The molecule has 0 bridgehead atoms. The third kappa shape index (κ3) is 6.78. The average molecular weight is 510 g/mol. The molecule has 10 nitrogen and oxygen atoms in total. The topological polar surface area (TPSA) is 135 Å². The second-order valence-corrected chi connectivity index (χ2v) is 9.12. The van der Waals surface area contributed by atoms with Gasteiger partial charge in [-0.3, -0.25) is 9.78 Å². The lowest BCUT2D eigenvalue weighted by molar-refractivity contribution is -0.119. The summed E-state index contributed by atoms with van der Waals surface area (Å²) in [7, 11) is 3.14. The van der Waals surface area contributed by atoms with Crippen molar-refractivity contribution in [2.75, 3.05) is 31.4 Å². The number of ether oxygens (including phenoxy) is 2. The first-order chi connectivity index (χ1) is 17.7. The smallest absolute Gasteiger partial charge is 0.341 e. The molecule has 1 atom stereocenters. The van der Waals surface area contributed by atoms with Gasteiger partial charge in [-0.1, -0.05) is 19.8 Å². The van der Waals surface area contributed by atoms with Crippen LogP contribution in [0.2, 0.25) is 0 Å². The van der Waals surface area contributed by atoms with Crippen LogP contribution in [0.25, 0.3) is 11.0 Å². The zero-order chi connectivity index (χ0) is 27.0. The molecule has 0 aliphatic carbocycles. The summed E-state index contributed by atoms with van der Waals surface area (Å²) < 4.78 is 10.7. The lowest BCUT2D eigenvalue weighted by Gasteiger charge is -2.33. The fraction of sp³-hybridized carbons (Fsp3) is 0.407. The van der Waals surface area contributed by atoms with E-state index in [0.29, 0.717) is 41.2 Å². The fourth-order valence-corrected chi connectivity index (χ4v) is 4.11. The normalized spacial score (nSPS) is 12.5. The SMILES string of the molecule is CCCCC(C)(CNC(C)=O)Nc1c(C(=O)O)c(NCc2ccc(OC)cc2OC)nc2cccnc12. The molecule has 0 saturated heterocycles. The number of aromatic nitrogens is 2. The third-order valence-corrected chi connectivity index (χ3v) is 6.13. The van der Waals surface area contributed by atoms with E-state index in [0.717, 1.165) is 18.4 Å². The Balaban J connectivity index is 2.08. The Hall–Kier alpha value is -4.08. The minimum absolute atomic E-state index is 0.0239. The number of carboxylic acid groups (broad SMARTS) is 1. The summed E-state index contributed by atoms with van der Waals surface area (Å²) in [5, 5.41) is 19.8. The molecule has 0 radical (unpaired) electrons. The van der Waals surface area contributed by atoms with Gasteiger partial charge in [-0.15, -0.1) is 0 Å². The number of nitrogens with one attached hydrogen (secondary N) is 3. The fourth-order valence-electron chi connectivity index (χ4n) is 4.11. The van der Waals surface area contributed by atoms with Crippen LogP contribution in [0.15, 0.2) is 36.5 Å². The Morgan fingerprint density at radius 3 is 2.59 bits per heavy atom. The summed E-state index contributed by atoms with van der Waals surface area (Å²) in [6.07, 6.45) is 4.16. The van der Waals surface area contributed by atoms with Gasteiger partial charge in [-0.25, -0.2) is 9.78 Å². The number of anilines is 2. The number of unbranched alkanes of at least 4 members (excludes halogenated alkanes) is 1. The number of hydrogen-bond acceptors (Lipinski definition) is 8. The quantitative estimate of drug-likeness (QED) is 0.263. The zero-order valence-corrected chi connectivity index (χ0v) is 22.0. The van der Waals surface area contributed by atoms with Crippen molar-refractivity contribution < 1.29 is 24.2 Å². The predicted molar refractivity (Wildman–Crippen MR) is 144 cm³/mol. The molecule has 0 spiro atoms. The van der Waals surface area contributed by atoms with Crippen molar-refractivity contribution in [1.29, 1.82) is 0 Å².